The van der Waals surface area contributed by atoms with Crippen LogP contribution in [0.3, 0.4) is 0 Å². The molecule has 0 saturated carbocycles. The highest BCUT2D eigenvalue weighted by atomic mass is 16.3. The average Bonchev–Trinajstić information content (AvgIpc) is 3.18. The molecule has 0 spiro atoms. The van der Waals surface area contributed by atoms with Crippen LogP contribution in [0.25, 0.3) is 5.76 Å². The van der Waals surface area contributed by atoms with Gasteiger partial charge in [0.2, 0.25) is 0 Å². The molecule has 1 fully saturated rings. The van der Waals surface area contributed by atoms with Crippen LogP contribution in [0.2, 0.25) is 0 Å². The highest BCUT2D eigenvalue weighted by molar-refractivity contribution is 6.46. The van der Waals surface area contributed by atoms with Crippen molar-refractivity contribution in [2.45, 2.75) is 19.4 Å². The fourth-order valence-corrected chi connectivity index (χ4v) is 3.32. The van der Waals surface area contributed by atoms with Crippen molar-refractivity contribution in [2.24, 2.45) is 0 Å². The predicted molar refractivity (Wildman–Crippen MR) is 102 cm³/mol. The third-order valence-electron chi connectivity index (χ3n) is 4.62. The Labute approximate surface area is 158 Å². The smallest absolute Gasteiger partial charge is 0.295 e. The number of hydrogen-bond donors (Lipinski definition) is 1. The lowest BCUT2D eigenvalue weighted by Gasteiger charge is -2.24. The Morgan fingerprint density at radius 1 is 1.15 bits per heavy atom. The third-order valence-corrected chi connectivity index (χ3v) is 4.62. The fourth-order valence-electron chi connectivity index (χ4n) is 3.32. The van der Waals surface area contributed by atoms with Gasteiger partial charge < -0.3 is 19.3 Å². The summed E-state index contributed by atoms with van der Waals surface area (Å²) in [7, 11) is 3.91. The van der Waals surface area contributed by atoms with Crippen LogP contribution < -0.4 is 0 Å². The molecule has 1 atom stereocenters. The number of Topliss-reactive ketones (excluding diaryl/α,β-unsaturated/α-hetero) is 1. The topological polar surface area (TPSA) is 74.0 Å². The normalized spacial score (nSPS) is 19.3. The molecule has 0 bridgehead atoms. The zero-order valence-corrected chi connectivity index (χ0v) is 15.8. The summed E-state index contributed by atoms with van der Waals surface area (Å²) >= 11 is 0. The molecule has 1 aromatic heterocycles. The standard InChI is InChI=1S/C21H24N2O4/c1-14-10-11-16(27-14)18-17(19(24)15-8-5-4-6-9-15)20(25)21(26)23(18)13-7-12-22(2)3/h4-6,8-11,18,24H,7,12-13H2,1-3H3/b19-17+/t18-/m0/s1. The van der Waals surface area contributed by atoms with E-state index in [4.69, 9.17) is 4.42 Å². The Bertz CT molecular complexity index is 867. The third kappa shape index (κ3) is 3.80. The van der Waals surface area contributed by atoms with Crippen molar-refractivity contribution in [3.05, 3.63) is 65.1 Å². The van der Waals surface area contributed by atoms with Gasteiger partial charge in [0.25, 0.3) is 11.7 Å². The summed E-state index contributed by atoms with van der Waals surface area (Å²) in [5.41, 5.74) is 0.572. The number of ketones is 1. The molecule has 142 valence electrons. The van der Waals surface area contributed by atoms with Crippen molar-refractivity contribution in [1.82, 2.24) is 9.80 Å². The molecule has 27 heavy (non-hydrogen) atoms. The van der Waals surface area contributed by atoms with E-state index in [-0.39, 0.29) is 11.3 Å². The number of aliphatic hydroxyl groups is 1. The second-order valence-corrected chi connectivity index (χ2v) is 6.96. The van der Waals surface area contributed by atoms with Crippen molar-refractivity contribution in [3.8, 4) is 0 Å². The molecule has 0 unspecified atom stereocenters. The molecule has 0 aliphatic carbocycles. The number of rotatable bonds is 6. The van der Waals surface area contributed by atoms with Crippen LogP contribution in [-0.4, -0.2) is 53.8 Å². The molecular weight excluding hydrogens is 344 g/mol. The summed E-state index contributed by atoms with van der Waals surface area (Å²) in [5, 5.41) is 10.8. The zero-order chi connectivity index (χ0) is 19.6. The Balaban J connectivity index is 2.05. The lowest BCUT2D eigenvalue weighted by atomic mass is 9.99. The number of benzene rings is 1. The number of nitrogens with zero attached hydrogens (tertiary/aromatic N) is 2. The number of carbonyl (C=O) groups excluding carboxylic acids is 2. The summed E-state index contributed by atoms with van der Waals surface area (Å²) < 4.78 is 5.74. The lowest BCUT2D eigenvalue weighted by molar-refractivity contribution is -0.140. The molecule has 1 aliphatic heterocycles. The summed E-state index contributed by atoms with van der Waals surface area (Å²) in [4.78, 5) is 29.0. The van der Waals surface area contributed by atoms with Crippen LogP contribution in [0.4, 0.5) is 0 Å². The minimum atomic E-state index is -0.721. The first-order chi connectivity index (χ1) is 12.9. The molecule has 3 rings (SSSR count). The number of amides is 1. The molecule has 1 saturated heterocycles. The second kappa shape index (κ2) is 7.80. The first-order valence-electron chi connectivity index (χ1n) is 8.95. The van der Waals surface area contributed by atoms with Crippen LogP contribution >= 0.6 is 0 Å². The monoisotopic (exact) mass is 368 g/mol. The largest absolute Gasteiger partial charge is 0.507 e. The van der Waals surface area contributed by atoms with Crippen LogP contribution in [0.15, 0.2) is 52.5 Å². The Morgan fingerprint density at radius 3 is 2.44 bits per heavy atom. The van der Waals surface area contributed by atoms with Gasteiger partial charge in [-0.2, -0.15) is 0 Å². The molecule has 0 radical (unpaired) electrons. The minimum absolute atomic E-state index is 0.0744. The number of aliphatic hydroxyl groups excluding tert-OH is 1. The van der Waals surface area contributed by atoms with Crippen molar-refractivity contribution in [2.75, 3.05) is 27.2 Å². The summed E-state index contributed by atoms with van der Waals surface area (Å²) in [5.74, 6) is -0.300. The fraction of sp³-hybridized carbons (Fsp3) is 0.333. The van der Waals surface area contributed by atoms with Gasteiger partial charge in [0.15, 0.2) is 0 Å². The van der Waals surface area contributed by atoms with E-state index >= 15 is 0 Å². The number of likely N-dealkylation sites (tertiary alicyclic amines) is 1. The van der Waals surface area contributed by atoms with E-state index in [9.17, 15) is 14.7 Å². The summed E-state index contributed by atoms with van der Waals surface area (Å²) in [6.07, 6.45) is 0.710. The quantitative estimate of drug-likeness (QED) is 0.482. The molecule has 6 nitrogen and oxygen atoms in total. The summed E-state index contributed by atoms with van der Waals surface area (Å²) in [6.45, 7) is 2.99. The van der Waals surface area contributed by atoms with E-state index in [2.05, 4.69) is 0 Å². The maximum atomic E-state index is 12.8. The van der Waals surface area contributed by atoms with Gasteiger partial charge in [-0.3, -0.25) is 9.59 Å². The number of furan rings is 1. The lowest BCUT2D eigenvalue weighted by Crippen LogP contribution is -2.32. The van der Waals surface area contributed by atoms with Crippen LogP contribution in [0, 0.1) is 6.92 Å². The SMILES string of the molecule is Cc1ccc([C@H]2/C(=C(\O)c3ccccc3)C(=O)C(=O)N2CCCN(C)C)o1. The minimum Gasteiger partial charge on any atom is -0.507 e. The number of hydrogen-bond acceptors (Lipinski definition) is 5. The molecule has 2 aromatic rings. The maximum absolute atomic E-state index is 12.8. The van der Waals surface area contributed by atoms with E-state index < -0.39 is 17.7 Å². The predicted octanol–water partition coefficient (Wildman–Crippen LogP) is 2.96. The Morgan fingerprint density at radius 2 is 1.85 bits per heavy atom. The van der Waals surface area contributed by atoms with E-state index in [0.717, 1.165) is 6.54 Å². The van der Waals surface area contributed by atoms with Crippen LogP contribution in [0.5, 0.6) is 0 Å². The van der Waals surface area contributed by atoms with E-state index in [1.807, 2.05) is 25.1 Å². The van der Waals surface area contributed by atoms with Gasteiger partial charge in [0.05, 0.1) is 5.57 Å². The van der Waals surface area contributed by atoms with Crippen molar-refractivity contribution < 1.29 is 19.1 Å². The molecule has 1 aliphatic rings. The molecule has 2 heterocycles. The van der Waals surface area contributed by atoms with Gasteiger partial charge in [0, 0.05) is 12.1 Å². The second-order valence-electron chi connectivity index (χ2n) is 6.96. The van der Waals surface area contributed by atoms with Crippen molar-refractivity contribution in [3.63, 3.8) is 0 Å². The Hall–Kier alpha value is -2.86. The van der Waals surface area contributed by atoms with E-state index in [1.165, 1.54) is 4.90 Å². The first-order valence-corrected chi connectivity index (χ1v) is 8.95. The van der Waals surface area contributed by atoms with Gasteiger partial charge in [-0.1, -0.05) is 30.3 Å². The van der Waals surface area contributed by atoms with Crippen LogP contribution in [-0.2, 0) is 9.59 Å². The van der Waals surface area contributed by atoms with Crippen molar-refractivity contribution in [1.29, 1.82) is 0 Å². The maximum Gasteiger partial charge on any atom is 0.295 e. The van der Waals surface area contributed by atoms with Crippen molar-refractivity contribution >= 4 is 17.4 Å². The zero-order valence-electron chi connectivity index (χ0n) is 15.8. The van der Waals surface area contributed by atoms with Gasteiger partial charge in [-0.25, -0.2) is 0 Å². The highest BCUT2D eigenvalue weighted by Gasteiger charge is 2.47. The van der Waals surface area contributed by atoms with Gasteiger partial charge in [-0.05, 0) is 46.1 Å². The van der Waals surface area contributed by atoms with Gasteiger partial charge in [-0.15, -0.1) is 0 Å². The van der Waals surface area contributed by atoms with Gasteiger partial charge in [0.1, 0.15) is 23.3 Å². The molecule has 1 N–H and O–H groups in total. The Kier molecular flexibility index (Phi) is 5.46. The molecule has 1 aromatic carbocycles. The first kappa shape index (κ1) is 18.9. The molecule has 6 heteroatoms. The van der Waals surface area contributed by atoms with E-state index in [0.29, 0.717) is 30.0 Å². The highest BCUT2D eigenvalue weighted by Crippen LogP contribution is 2.39. The molecular formula is C21H24N2O4. The number of aryl methyl sites for hydroxylation is 1. The van der Waals surface area contributed by atoms with Gasteiger partial charge >= 0.3 is 0 Å². The molecule has 1 amide bonds. The number of carbonyl (C=O) groups is 2. The average molecular weight is 368 g/mol. The van der Waals surface area contributed by atoms with E-state index in [1.54, 1.807) is 43.3 Å². The van der Waals surface area contributed by atoms with Crippen LogP contribution in [0.1, 0.15) is 29.5 Å². The summed E-state index contributed by atoms with van der Waals surface area (Å²) in [6, 6.07) is 11.6.